The van der Waals surface area contributed by atoms with Crippen molar-refractivity contribution in [2.75, 3.05) is 19.6 Å². The average Bonchev–Trinajstić information content (AvgIpc) is 2.21. The van der Waals surface area contributed by atoms with Crippen LogP contribution in [0.4, 0.5) is 0 Å². The van der Waals surface area contributed by atoms with Gasteiger partial charge in [-0.2, -0.15) is 0 Å². The first-order chi connectivity index (χ1) is 6.83. The molecule has 1 heterocycles. The second kappa shape index (κ2) is 6.90. The minimum absolute atomic E-state index is 0.942. The van der Waals surface area contributed by atoms with Crippen LogP contribution in [-0.2, 0) is 0 Å². The van der Waals surface area contributed by atoms with E-state index in [1.807, 2.05) is 0 Å². The van der Waals surface area contributed by atoms with E-state index in [1.165, 1.54) is 38.9 Å². The molecule has 0 amide bonds. The fraction of sp³-hybridized carbons (Fsp3) is 0.846. The van der Waals surface area contributed by atoms with E-state index in [0.29, 0.717) is 0 Å². The van der Waals surface area contributed by atoms with Gasteiger partial charge in [0.2, 0.25) is 0 Å². The molecule has 0 aromatic carbocycles. The Labute approximate surface area is 88.9 Å². The quantitative estimate of drug-likeness (QED) is 0.623. The van der Waals surface area contributed by atoms with Crippen LogP contribution in [-0.4, -0.2) is 24.5 Å². The molecule has 0 radical (unpaired) electrons. The number of hydrogen-bond acceptors (Lipinski definition) is 1. The van der Waals surface area contributed by atoms with Crippen molar-refractivity contribution in [3.63, 3.8) is 0 Å². The smallest absolute Gasteiger partial charge is 0.0217 e. The Morgan fingerprint density at radius 3 is 2.43 bits per heavy atom. The maximum Gasteiger partial charge on any atom is 0.0217 e. The van der Waals surface area contributed by atoms with Crippen LogP contribution >= 0.6 is 0 Å². The molecule has 1 fully saturated rings. The summed E-state index contributed by atoms with van der Waals surface area (Å²) < 4.78 is 0. The van der Waals surface area contributed by atoms with Gasteiger partial charge in [0.05, 0.1) is 0 Å². The Bertz CT molecular complexity index is 191. The largest absolute Gasteiger partial charge is 0.302 e. The summed E-state index contributed by atoms with van der Waals surface area (Å²) >= 11 is 0. The van der Waals surface area contributed by atoms with Gasteiger partial charge in [0.25, 0.3) is 0 Å². The van der Waals surface area contributed by atoms with Crippen LogP contribution in [0.15, 0.2) is 0 Å². The molecule has 80 valence electrons. The summed E-state index contributed by atoms with van der Waals surface area (Å²) in [6.07, 6.45) is 6.07. The summed E-state index contributed by atoms with van der Waals surface area (Å²) in [4.78, 5) is 2.56. The molecular formula is C13H23N. The van der Waals surface area contributed by atoms with Crippen LogP contribution in [0.3, 0.4) is 0 Å². The highest BCUT2D eigenvalue weighted by Crippen LogP contribution is 2.15. The van der Waals surface area contributed by atoms with Gasteiger partial charge in [-0.15, -0.1) is 11.8 Å². The van der Waals surface area contributed by atoms with E-state index < -0.39 is 0 Å². The monoisotopic (exact) mass is 193 g/mol. The first-order valence-corrected chi connectivity index (χ1v) is 6.01. The molecule has 1 aliphatic heterocycles. The van der Waals surface area contributed by atoms with Crippen molar-refractivity contribution in [2.24, 2.45) is 5.92 Å². The molecule has 0 N–H and O–H groups in total. The van der Waals surface area contributed by atoms with Gasteiger partial charge in [0.1, 0.15) is 0 Å². The minimum Gasteiger partial charge on any atom is -0.302 e. The van der Waals surface area contributed by atoms with Gasteiger partial charge in [-0.25, -0.2) is 0 Å². The lowest BCUT2D eigenvalue weighted by Gasteiger charge is -2.29. The summed E-state index contributed by atoms with van der Waals surface area (Å²) in [5, 5.41) is 0. The highest BCUT2D eigenvalue weighted by atomic mass is 15.1. The predicted molar refractivity (Wildman–Crippen MR) is 62.1 cm³/mol. The summed E-state index contributed by atoms with van der Waals surface area (Å²) in [7, 11) is 0. The van der Waals surface area contributed by atoms with Crippen molar-refractivity contribution in [1.29, 1.82) is 0 Å². The van der Waals surface area contributed by atoms with E-state index in [1.54, 1.807) is 0 Å². The predicted octanol–water partition coefficient (Wildman–Crippen LogP) is 2.91. The van der Waals surface area contributed by atoms with Gasteiger partial charge in [-0.3, -0.25) is 0 Å². The Morgan fingerprint density at radius 2 is 1.79 bits per heavy atom. The third kappa shape index (κ3) is 4.67. The van der Waals surface area contributed by atoms with Crippen LogP contribution < -0.4 is 0 Å². The Kier molecular flexibility index (Phi) is 5.71. The van der Waals surface area contributed by atoms with E-state index in [9.17, 15) is 0 Å². The molecule has 0 saturated carbocycles. The molecule has 0 aliphatic carbocycles. The van der Waals surface area contributed by atoms with Crippen molar-refractivity contribution in [3.8, 4) is 11.8 Å². The fourth-order valence-corrected chi connectivity index (χ4v) is 1.80. The maximum atomic E-state index is 3.25. The average molecular weight is 193 g/mol. The molecule has 14 heavy (non-hydrogen) atoms. The second-order valence-electron chi connectivity index (χ2n) is 4.38. The van der Waals surface area contributed by atoms with Crippen LogP contribution in [0.5, 0.6) is 0 Å². The zero-order valence-electron chi connectivity index (χ0n) is 9.68. The topological polar surface area (TPSA) is 3.24 Å². The fourth-order valence-electron chi connectivity index (χ4n) is 1.80. The van der Waals surface area contributed by atoms with Gasteiger partial charge in [-0.05, 0) is 38.3 Å². The first-order valence-electron chi connectivity index (χ1n) is 6.01. The number of rotatable bonds is 3. The van der Waals surface area contributed by atoms with Gasteiger partial charge in [0, 0.05) is 19.4 Å². The van der Waals surface area contributed by atoms with Gasteiger partial charge in [-0.1, -0.05) is 13.8 Å². The third-order valence-corrected chi connectivity index (χ3v) is 2.93. The number of piperidine rings is 1. The molecule has 0 spiro atoms. The standard InChI is InChI=1S/C13H23N/c1-3-4-5-6-7-10-14-11-8-13(2)9-12-14/h13H,3-4,7-12H2,1-2H3. The van der Waals surface area contributed by atoms with Gasteiger partial charge in [0.15, 0.2) is 0 Å². The van der Waals surface area contributed by atoms with Gasteiger partial charge >= 0.3 is 0 Å². The number of nitrogens with zero attached hydrogens (tertiary/aromatic N) is 1. The lowest BCUT2D eigenvalue weighted by atomic mass is 9.99. The van der Waals surface area contributed by atoms with Crippen LogP contribution in [0.25, 0.3) is 0 Å². The van der Waals surface area contributed by atoms with Crippen LogP contribution in [0, 0.1) is 17.8 Å². The molecular weight excluding hydrogens is 170 g/mol. The van der Waals surface area contributed by atoms with Crippen LogP contribution in [0.2, 0.25) is 0 Å². The van der Waals surface area contributed by atoms with Crippen molar-refractivity contribution >= 4 is 0 Å². The summed E-state index contributed by atoms with van der Waals surface area (Å²) in [6, 6.07) is 0. The van der Waals surface area contributed by atoms with Gasteiger partial charge < -0.3 is 4.90 Å². The van der Waals surface area contributed by atoms with E-state index in [0.717, 1.165) is 18.8 Å². The van der Waals surface area contributed by atoms with Crippen molar-refractivity contribution in [3.05, 3.63) is 0 Å². The zero-order chi connectivity index (χ0) is 10.2. The molecule has 1 saturated heterocycles. The summed E-state index contributed by atoms with van der Waals surface area (Å²) in [6.45, 7) is 8.30. The first kappa shape index (κ1) is 11.6. The SMILES string of the molecule is CCCC#CCCN1CCC(C)CC1. The van der Waals surface area contributed by atoms with E-state index in [4.69, 9.17) is 0 Å². The highest BCUT2D eigenvalue weighted by molar-refractivity contribution is 4.98. The Balaban J connectivity index is 2.05. The number of unbranched alkanes of at least 4 members (excludes halogenated alkanes) is 1. The maximum absolute atomic E-state index is 3.25. The van der Waals surface area contributed by atoms with E-state index >= 15 is 0 Å². The lowest BCUT2D eigenvalue weighted by molar-refractivity contribution is 0.196. The Hall–Kier alpha value is -0.480. The molecule has 0 aromatic heterocycles. The summed E-state index contributed by atoms with van der Waals surface area (Å²) in [5.74, 6) is 7.40. The van der Waals surface area contributed by atoms with Crippen molar-refractivity contribution in [1.82, 2.24) is 4.90 Å². The zero-order valence-corrected chi connectivity index (χ0v) is 9.68. The number of likely N-dealkylation sites (tertiary alicyclic amines) is 1. The lowest BCUT2D eigenvalue weighted by Crippen LogP contribution is -2.33. The number of hydrogen-bond donors (Lipinski definition) is 0. The third-order valence-electron chi connectivity index (χ3n) is 2.93. The highest BCUT2D eigenvalue weighted by Gasteiger charge is 2.14. The molecule has 0 unspecified atom stereocenters. The molecule has 1 aliphatic rings. The summed E-state index contributed by atoms with van der Waals surface area (Å²) in [5.41, 5.74) is 0. The molecule has 0 atom stereocenters. The second-order valence-corrected chi connectivity index (χ2v) is 4.38. The molecule has 0 bridgehead atoms. The minimum atomic E-state index is 0.942. The normalized spacial score (nSPS) is 19.0. The Morgan fingerprint density at radius 1 is 1.14 bits per heavy atom. The van der Waals surface area contributed by atoms with Crippen molar-refractivity contribution < 1.29 is 0 Å². The molecule has 0 aromatic rings. The van der Waals surface area contributed by atoms with E-state index in [2.05, 4.69) is 30.6 Å². The van der Waals surface area contributed by atoms with Crippen LogP contribution in [0.1, 0.15) is 46.0 Å². The van der Waals surface area contributed by atoms with E-state index in [-0.39, 0.29) is 0 Å². The van der Waals surface area contributed by atoms with Crippen molar-refractivity contribution in [2.45, 2.75) is 46.0 Å². The molecule has 1 heteroatoms. The molecule has 1 nitrogen and oxygen atoms in total. The molecule has 1 rings (SSSR count).